The largest absolute Gasteiger partial charge is 0.497 e. The van der Waals surface area contributed by atoms with Gasteiger partial charge >= 0.3 is 0 Å². The number of methoxy groups -OCH3 is 2. The van der Waals surface area contributed by atoms with Crippen molar-refractivity contribution in [1.29, 1.82) is 0 Å². The number of aryl methyl sites for hydroxylation is 1. The van der Waals surface area contributed by atoms with Gasteiger partial charge in [-0.3, -0.25) is 9.10 Å². The number of sulfonamides is 1. The highest BCUT2D eigenvalue weighted by Gasteiger charge is 2.29. The third kappa shape index (κ3) is 5.33. The zero-order valence-electron chi connectivity index (χ0n) is 17.8. The van der Waals surface area contributed by atoms with Gasteiger partial charge in [-0.1, -0.05) is 12.1 Å². The van der Waals surface area contributed by atoms with Gasteiger partial charge in [0.05, 0.1) is 24.8 Å². The van der Waals surface area contributed by atoms with E-state index in [0.717, 1.165) is 13.4 Å². The van der Waals surface area contributed by atoms with E-state index in [0.29, 0.717) is 17.2 Å². The molecule has 7 nitrogen and oxygen atoms in total. The van der Waals surface area contributed by atoms with Crippen molar-refractivity contribution in [1.82, 2.24) is 0 Å². The maximum absolute atomic E-state index is 13.5. The molecule has 0 atom stereocenters. The molecule has 1 amide bonds. The fourth-order valence-electron chi connectivity index (χ4n) is 3.10. The second-order valence-corrected chi connectivity index (χ2v) is 9.97. The van der Waals surface area contributed by atoms with E-state index in [4.69, 9.17) is 9.47 Å². The molecule has 0 unspecified atom stereocenters. The smallest absolute Gasteiger partial charge is 0.264 e. The number of halogens is 1. The van der Waals surface area contributed by atoms with E-state index in [9.17, 15) is 13.2 Å². The summed E-state index contributed by atoms with van der Waals surface area (Å²) in [7, 11) is -1.13. The highest BCUT2D eigenvalue weighted by atomic mass is 127. The molecule has 0 radical (unpaired) electrons. The molecular formula is C23H23IN2O5S. The van der Waals surface area contributed by atoms with Crippen molar-refractivity contribution in [2.24, 2.45) is 0 Å². The number of nitrogens with zero attached hydrogens (tertiary/aromatic N) is 1. The summed E-state index contributed by atoms with van der Waals surface area (Å²) in [6.07, 6.45) is 0. The van der Waals surface area contributed by atoms with Gasteiger partial charge in [-0.25, -0.2) is 8.42 Å². The summed E-state index contributed by atoms with van der Waals surface area (Å²) in [5.41, 5.74) is 1.77. The van der Waals surface area contributed by atoms with Crippen LogP contribution in [0.3, 0.4) is 0 Å². The van der Waals surface area contributed by atoms with Crippen molar-refractivity contribution in [3.8, 4) is 11.5 Å². The summed E-state index contributed by atoms with van der Waals surface area (Å²) in [4.78, 5) is 13.0. The number of benzene rings is 3. The zero-order chi connectivity index (χ0) is 23.3. The molecule has 0 saturated heterocycles. The van der Waals surface area contributed by atoms with Crippen molar-refractivity contribution < 1.29 is 22.7 Å². The normalized spacial score (nSPS) is 11.0. The van der Waals surface area contributed by atoms with E-state index in [1.165, 1.54) is 26.4 Å². The molecule has 0 aliphatic rings. The van der Waals surface area contributed by atoms with Gasteiger partial charge in [0, 0.05) is 9.26 Å². The first-order valence-corrected chi connectivity index (χ1v) is 12.1. The van der Waals surface area contributed by atoms with Gasteiger partial charge in [0.15, 0.2) is 0 Å². The third-order valence-electron chi connectivity index (χ3n) is 4.75. The molecule has 3 rings (SSSR count). The Morgan fingerprint density at radius 3 is 2.31 bits per heavy atom. The molecule has 168 valence electrons. The third-order valence-corrected chi connectivity index (χ3v) is 7.20. The van der Waals surface area contributed by atoms with Gasteiger partial charge in [-0.05, 0) is 89.7 Å². The number of anilines is 2. The number of carbonyl (C=O) groups is 1. The number of amides is 1. The Hall–Kier alpha value is -2.79. The Morgan fingerprint density at radius 2 is 1.69 bits per heavy atom. The van der Waals surface area contributed by atoms with Crippen LogP contribution in [-0.2, 0) is 14.8 Å². The van der Waals surface area contributed by atoms with Crippen LogP contribution in [0, 0.1) is 10.5 Å². The van der Waals surface area contributed by atoms with Gasteiger partial charge < -0.3 is 14.8 Å². The van der Waals surface area contributed by atoms with E-state index in [1.807, 2.05) is 19.1 Å². The van der Waals surface area contributed by atoms with E-state index in [-0.39, 0.29) is 10.6 Å². The Bertz CT molecular complexity index is 1210. The molecule has 1 N–H and O–H groups in total. The highest BCUT2D eigenvalue weighted by Crippen LogP contribution is 2.32. The molecule has 0 aliphatic heterocycles. The summed E-state index contributed by atoms with van der Waals surface area (Å²) >= 11 is 2.19. The van der Waals surface area contributed by atoms with Gasteiger partial charge in [-0.2, -0.15) is 0 Å². The summed E-state index contributed by atoms with van der Waals surface area (Å²) in [5.74, 6) is 0.389. The van der Waals surface area contributed by atoms with Crippen molar-refractivity contribution in [3.63, 3.8) is 0 Å². The quantitative estimate of drug-likeness (QED) is 0.408. The minimum absolute atomic E-state index is 0.0300. The van der Waals surface area contributed by atoms with Gasteiger partial charge in [-0.15, -0.1) is 0 Å². The number of ether oxygens (including phenoxy) is 2. The predicted molar refractivity (Wildman–Crippen MR) is 133 cm³/mol. The SMILES string of the molecule is COc1ccc(S(=O)(=O)N(CC(=O)Nc2ccc(I)cc2C)c2ccccc2OC)cc1. The second kappa shape index (κ2) is 10.2. The van der Waals surface area contributed by atoms with Crippen LogP contribution in [0.2, 0.25) is 0 Å². The van der Waals surface area contributed by atoms with E-state index < -0.39 is 22.5 Å². The van der Waals surface area contributed by atoms with Crippen LogP contribution in [0.25, 0.3) is 0 Å². The standard InChI is InChI=1S/C23H23IN2O5S/c1-16-14-17(24)8-13-20(16)25-23(27)15-26(21-6-4-5-7-22(21)31-3)32(28,29)19-11-9-18(30-2)10-12-19/h4-14H,15H2,1-3H3,(H,25,27). The van der Waals surface area contributed by atoms with Crippen LogP contribution in [-0.4, -0.2) is 35.1 Å². The molecule has 0 bridgehead atoms. The number of carbonyl (C=O) groups excluding carboxylic acids is 1. The Balaban J connectivity index is 1.99. The van der Waals surface area contributed by atoms with E-state index in [2.05, 4.69) is 27.9 Å². The molecular weight excluding hydrogens is 543 g/mol. The number of nitrogens with one attached hydrogen (secondary N) is 1. The predicted octanol–water partition coefficient (Wildman–Crippen LogP) is 4.45. The first-order chi connectivity index (χ1) is 15.3. The molecule has 0 spiro atoms. The topological polar surface area (TPSA) is 84.9 Å². The maximum atomic E-state index is 13.5. The zero-order valence-corrected chi connectivity index (χ0v) is 20.8. The molecule has 32 heavy (non-hydrogen) atoms. The average molecular weight is 566 g/mol. The average Bonchev–Trinajstić information content (AvgIpc) is 2.79. The number of hydrogen-bond acceptors (Lipinski definition) is 5. The number of hydrogen-bond donors (Lipinski definition) is 1. The maximum Gasteiger partial charge on any atom is 0.264 e. The Labute approximate surface area is 201 Å². The van der Waals surface area contributed by atoms with Crippen molar-refractivity contribution in [2.45, 2.75) is 11.8 Å². The van der Waals surface area contributed by atoms with Crippen LogP contribution < -0.4 is 19.1 Å². The van der Waals surface area contributed by atoms with Crippen LogP contribution in [0.15, 0.2) is 71.6 Å². The summed E-state index contributed by atoms with van der Waals surface area (Å²) < 4.78 is 39.7. The monoisotopic (exact) mass is 566 g/mol. The van der Waals surface area contributed by atoms with Crippen LogP contribution in [0.1, 0.15) is 5.56 Å². The van der Waals surface area contributed by atoms with Crippen LogP contribution in [0.5, 0.6) is 11.5 Å². The first kappa shape index (κ1) is 23.9. The summed E-state index contributed by atoms with van der Waals surface area (Å²) in [6.45, 7) is 1.45. The summed E-state index contributed by atoms with van der Waals surface area (Å²) in [6, 6.07) is 18.3. The molecule has 3 aromatic rings. The highest BCUT2D eigenvalue weighted by molar-refractivity contribution is 14.1. The number of rotatable bonds is 8. The molecule has 0 saturated carbocycles. The minimum atomic E-state index is -4.08. The van der Waals surface area contributed by atoms with Crippen molar-refractivity contribution in [3.05, 3.63) is 75.9 Å². The lowest BCUT2D eigenvalue weighted by atomic mass is 10.2. The lowest BCUT2D eigenvalue weighted by molar-refractivity contribution is -0.114. The fraction of sp³-hybridized carbons (Fsp3) is 0.174. The van der Waals surface area contributed by atoms with Gasteiger partial charge in [0.1, 0.15) is 18.0 Å². The summed E-state index contributed by atoms with van der Waals surface area (Å²) in [5, 5.41) is 2.81. The minimum Gasteiger partial charge on any atom is -0.497 e. The lowest BCUT2D eigenvalue weighted by Gasteiger charge is -2.25. The lowest BCUT2D eigenvalue weighted by Crippen LogP contribution is -2.38. The van der Waals surface area contributed by atoms with Gasteiger partial charge in [0.25, 0.3) is 10.0 Å². The molecule has 0 aliphatic carbocycles. The molecule has 9 heteroatoms. The molecule has 0 aromatic heterocycles. The van der Waals surface area contributed by atoms with Crippen LogP contribution >= 0.6 is 22.6 Å². The van der Waals surface area contributed by atoms with E-state index >= 15 is 0 Å². The first-order valence-electron chi connectivity index (χ1n) is 9.62. The van der Waals surface area contributed by atoms with Gasteiger partial charge in [0.2, 0.25) is 5.91 Å². The van der Waals surface area contributed by atoms with E-state index in [1.54, 1.807) is 42.5 Å². The molecule has 0 fully saturated rings. The van der Waals surface area contributed by atoms with Crippen molar-refractivity contribution >= 4 is 49.9 Å². The number of para-hydroxylation sites is 2. The molecule has 3 aromatic carbocycles. The Kier molecular flexibility index (Phi) is 7.62. The van der Waals surface area contributed by atoms with Crippen LogP contribution in [0.4, 0.5) is 11.4 Å². The second-order valence-electron chi connectivity index (χ2n) is 6.87. The van der Waals surface area contributed by atoms with Crippen molar-refractivity contribution in [2.75, 3.05) is 30.4 Å². The Morgan fingerprint density at radius 1 is 1.00 bits per heavy atom. The molecule has 0 heterocycles. The fourth-order valence-corrected chi connectivity index (χ4v) is 5.18.